The number of aromatic nitrogens is 1. The van der Waals surface area contributed by atoms with E-state index in [0.29, 0.717) is 5.56 Å². The summed E-state index contributed by atoms with van der Waals surface area (Å²) in [6.45, 7) is 4.02. The van der Waals surface area contributed by atoms with Gasteiger partial charge in [-0.3, -0.25) is 9.78 Å². The van der Waals surface area contributed by atoms with Gasteiger partial charge in [-0.05, 0) is 37.1 Å². The summed E-state index contributed by atoms with van der Waals surface area (Å²) in [6.07, 6.45) is 2.37. The molecule has 0 aliphatic carbocycles. The van der Waals surface area contributed by atoms with Gasteiger partial charge >= 0.3 is 0 Å². The van der Waals surface area contributed by atoms with Crippen molar-refractivity contribution in [3.8, 4) is 5.75 Å². The number of nitrogens with zero attached hydrogens (tertiary/aromatic N) is 1. The van der Waals surface area contributed by atoms with Gasteiger partial charge in [0.25, 0.3) is 0 Å². The van der Waals surface area contributed by atoms with Crippen LogP contribution < -0.4 is 4.74 Å². The molecule has 0 atom stereocenters. The van der Waals surface area contributed by atoms with E-state index in [1.165, 1.54) is 0 Å². The monoisotopic (exact) mass is 215 g/mol. The fourth-order valence-corrected chi connectivity index (χ4v) is 1.81. The molecule has 0 saturated heterocycles. The third-order valence-corrected chi connectivity index (χ3v) is 2.81. The Hall–Kier alpha value is -1.90. The van der Waals surface area contributed by atoms with Crippen molar-refractivity contribution in [2.45, 2.75) is 13.8 Å². The number of ether oxygens (including phenoxy) is 1. The van der Waals surface area contributed by atoms with Crippen molar-refractivity contribution in [2.24, 2.45) is 0 Å². The molecule has 0 saturated carbocycles. The largest absolute Gasteiger partial charge is 0.496 e. The Bertz CT molecular complexity index is 561. The lowest BCUT2D eigenvalue weighted by atomic mass is 10.0. The Morgan fingerprint density at radius 3 is 2.69 bits per heavy atom. The standard InChI is InChI=1S/C13H13NO2/c1-8-4-12-11(13(16-3)9(8)2)5-10(7-15)6-14-12/h4-7H,1-3H3. The number of rotatable bonds is 2. The number of aldehydes is 1. The highest BCUT2D eigenvalue weighted by Crippen LogP contribution is 2.31. The number of hydrogen-bond acceptors (Lipinski definition) is 3. The number of carbonyl (C=O) groups is 1. The Labute approximate surface area is 94.1 Å². The van der Waals surface area contributed by atoms with Gasteiger partial charge in [-0.1, -0.05) is 0 Å². The van der Waals surface area contributed by atoms with Crippen molar-refractivity contribution >= 4 is 17.2 Å². The number of hydrogen-bond donors (Lipinski definition) is 0. The molecule has 1 aromatic carbocycles. The van der Waals surface area contributed by atoms with Crippen LogP contribution in [0.15, 0.2) is 18.3 Å². The van der Waals surface area contributed by atoms with Crippen molar-refractivity contribution < 1.29 is 9.53 Å². The minimum atomic E-state index is 0.564. The van der Waals surface area contributed by atoms with E-state index < -0.39 is 0 Å². The van der Waals surface area contributed by atoms with Crippen molar-refractivity contribution in [1.29, 1.82) is 0 Å². The lowest BCUT2D eigenvalue weighted by Crippen LogP contribution is -1.94. The maximum Gasteiger partial charge on any atom is 0.151 e. The summed E-state index contributed by atoms with van der Waals surface area (Å²) in [6, 6.07) is 3.81. The van der Waals surface area contributed by atoms with Crippen LogP contribution in [0.4, 0.5) is 0 Å². The molecule has 3 heteroatoms. The van der Waals surface area contributed by atoms with Crippen LogP contribution in [0.3, 0.4) is 0 Å². The van der Waals surface area contributed by atoms with Gasteiger partial charge in [0.05, 0.1) is 12.6 Å². The van der Waals surface area contributed by atoms with E-state index in [2.05, 4.69) is 4.98 Å². The molecule has 0 spiro atoms. The molecule has 2 rings (SSSR count). The van der Waals surface area contributed by atoms with E-state index in [0.717, 1.165) is 34.1 Å². The molecule has 0 unspecified atom stereocenters. The number of carbonyl (C=O) groups excluding carboxylic acids is 1. The third-order valence-electron chi connectivity index (χ3n) is 2.81. The van der Waals surface area contributed by atoms with Crippen LogP contribution in [-0.4, -0.2) is 18.4 Å². The highest BCUT2D eigenvalue weighted by Gasteiger charge is 2.09. The summed E-state index contributed by atoms with van der Waals surface area (Å²) >= 11 is 0. The Morgan fingerprint density at radius 2 is 2.06 bits per heavy atom. The van der Waals surface area contributed by atoms with Gasteiger partial charge in [0, 0.05) is 17.1 Å². The smallest absolute Gasteiger partial charge is 0.151 e. The number of fused-ring (bicyclic) bond motifs is 1. The molecule has 0 aliphatic rings. The Kier molecular flexibility index (Phi) is 2.60. The molecule has 0 amide bonds. The van der Waals surface area contributed by atoms with Gasteiger partial charge in [-0.25, -0.2) is 0 Å². The number of methoxy groups -OCH3 is 1. The van der Waals surface area contributed by atoms with E-state index in [1.807, 2.05) is 19.9 Å². The van der Waals surface area contributed by atoms with E-state index in [-0.39, 0.29) is 0 Å². The van der Waals surface area contributed by atoms with Gasteiger partial charge in [-0.2, -0.15) is 0 Å². The van der Waals surface area contributed by atoms with Gasteiger partial charge in [0.1, 0.15) is 5.75 Å². The molecule has 0 bridgehead atoms. The third kappa shape index (κ3) is 1.54. The van der Waals surface area contributed by atoms with Gasteiger partial charge in [0.15, 0.2) is 6.29 Å². The zero-order valence-corrected chi connectivity index (χ0v) is 9.57. The summed E-state index contributed by atoms with van der Waals surface area (Å²) < 4.78 is 5.38. The van der Waals surface area contributed by atoms with Gasteiger partial charge in [-0.15, -0.1) is 0 Å². The summed E-state index contributed by atoms with van der Waals surface area (Å²) in [5, 5.41) is 0.884. The molecule has 2 aromatic rings. The SMILES string of the molecule is COc1c(C)c(C)cc2ncc(C=O)cc12. The second-order valence-electron chi connectivity index (χ2n) is 3.80. The maximum absolute atomic E-state index is 10.7. The second-order valence-corrected chi connectivity index (χ2v) is 3.80. The first kappa shape index (κ1) is 10.6. The molecule has 0 N–H and O–H groups in total. The Morgan fingerprint density at radius 1 is 1.31 bits per heavy atom. The van der Waals surface area contributed by atoms with Crippen molar-refractivity contribution in [1.82, 2.24) is 4.98 Å². The normalized spacial score (nSPS) is 10.4. The summed E-state index contributed by atoms with van der Waals surface area (Å²) in [7, 11) is 1.63. The lowest BCUT2D eigenvalue weighted by molar-refractivity contribution is 0.112. The summed E-state index contributed by atoms with van der Waals surface area (Å²) in [5.41, 5.74) is 3.63. The maximum atomic E-state index is 10.7. The van der Waals surface area contributed by atoms with Crippen LogP contribution in [0, 0.1) is 13.8 Å². The molecule has 1 heterocycles. The zero-order valence-electron chi connectivity index (χ0n) is 9.57. The van der Waals surface area contributed by atoms with Crippen LogP contribution in [-0.2, 0) is 0 Å². The highest BCUT2D eigenvalue weighted by atomic mass is 16.5. The molecular formula is C13H13NO2. The molecule has 0 fully saturated rings. The lowest BCUT2D eigenvalue weighted by Gasteiger charge is -2.11. The quantitative estimate of drug-likeness (QED) is 0.723. The van der Waals surface area contributed by atoms with Crippen LogP contribution in [0.1, 0.15) is 21.5 Å². The molecule has 1 aromatic heterocycles. The second kappa shape index (κ2) is 3.93. The number of pyridine rings is 1. The first-order valence-corrected chi connectivity index (χ1v) is 5.06. The fourth-order valence-electron chi connectivity index (χ4n) is 1.81. The van der Waals surface area contributed by atoms with Crippen molar-refractivity contribution in [3.63, 3.8) is 0 Å². The predicted octanol–water partition coefficient (Wildman–Crippen LogP) is 2.67. The van der Waals surface area contributed by atoms with Gasteiger partial charge < -0.3 is 4.74 Å². The highest BCUT2D eigenvalue weighted by molar-refractivity contribution is 5.91. The molecule has 0 radical (unpaired) electrons. The van der Waals surface area contributed by atoms with E-state index in [4.69, 9.17) is 4.74 Å². The Balaban J connectivity index is 2.86. The fraction of sp³-hybridized carbons (Fsp3) is 0.231. The molecule has 3 nitrogen and oxygen atoms in total. The summed E-state index contributed by atoms with van der Waals surface area (Å²) in [5.74, 6) is 0.797. The first-order chi connectivity index (χ1) is 7.67. The molecule has 82 valence electrons. The average molecular weight is 215 g/mol. The number of benzene rings is 1. The van der Waals surface area contributed by atoms with E-state index in [9.17, 15) is 4.79 Å². The van der Waals surface area contributed by atoms with E-state index in [1.54, 1.807) is 19.4 Å². The van der Waals surface area contributed by atoms with E-state index >= 15 is 0 Å². The predicted molar refractivity (Wildman–Crippen MR) is 63.2 cm³/mol. The average Bonchev–Trinajstić information content (AvgIpc) is 2.30. The van der Waals surface area contributed by atoms with Crippen LogP contribution in [0.25, 0.3) is 10.9 Å². The van der Waals surface area contributed by atoms with Crippen molar-refractivity contribution in [2.75, 3.05) is 7.11 Å². The minimum absolute atomic E-state index is 0.564. The molecule has 0 aliphatic heterocycles. The number of aryl methyl sites for hydroxylation is 1. The minimum Gasteiger partial charge on any atom is -0.496 e. The molecular weight excluding hydrogens is 202 g/mol. The van der Waals surface area contributed by atoms with Crippen LogP contribution in [0.2, 0.25) is 0 Å². The van der Waals surface area contributed by atoms with Crippen molar-refractivity contribution in [3.05, 3.63) is 35.0 Å². The van der Waals surface area contributed by atoms with Crippen LogP contribution >= 0.6 is 0 Å². The first-order valence-electron chi connectivity index (χ1n) is 5.06. The van der Waals surface area contributed by atoms with Crippen LogP contribution in [0.5, 0.6) is 5.75 Å². The molecule has 16 heavy (non-hydrogen) atoms. The summed E-state index contributed by atoms with van der Waals surface area (Å²) in [4.78, 5) is 15.0. The zero-order chi connectivity index (χ0) is 11.7. The van der Waals surface area contributed by atoms with Gasteiger partial charge in [0.2, 0.25) is 0 Å². The topological polar surface area (TPSA) is 39.2 Å².